The number of benzene rings is 1. The van der Waals surface area contributed by atoms with Crippen LogP contribution in [-0.2, 0) is 5.54 Å². The highest BCUT2D eigenvalue weighted by atomic mass is 16.5. The van der Waals surface area contributed by atoms with Crippen molar-refractivity contribution in [3.63, 3.8) is 0 Å². The molecule has 1 atom stereocenters. The minimum absolute atomic E-state index is 0.0683. The second-order valence-corrected chi connectivity index (χ2v) is 8.23. The average Bonchev–Trinajstić information content (AvgIpc) is 3.05. The molecule has 154 valence electrons. The van der Waals surface area contributed by atoms with Crippen LogP contribution in [0.1, 0.15) is 70.3 Å². The Kier molecular flexibility index (Phi) is 6.54. The van der Waals surface area contributed by atoms with Gasteiger partial charge < -0.3 is 14.4 Å². The zero-order valence-corrected chi connectivity index (χ0v) is 17.9. The third-order valence-corrected chi connectivity index (χ3v) is 6.09. The van der Waals surface area contributed by atoms with Crippen molar-refractivity contribution < 1.29 is 14.4 Å². The summed E-state index contributed by atoms with van der Waals surface area (Å²) in [7, 11) is 3.35. The van der Waals surface area contributed by atoms with E-state index in [4.69, 9.17) is 9.47 Å². The summed E-state index contributed by atoms with van der Waals surface area (Å²) >= 11 is 0. The van der Waals surface area contributed by atoms with Crippen LogP contribution in [-0.4, -0.2) is 47.5 Å². The number of hydrogen-bond acceptors (Lipinski definition) is 5. The molecule has 1 N–H and O–H groups in total. The van der Waals surface area contributed by atoms with Crippen LogP contribution in [0.4, 0.5) is 0 Å². The van der Waals surface area contributed by atoms with Crippen LogP contribution < -0.4 is 14.4 Å². The van der Waals surface area contributed by atoms with Crippen molar-refractivity contribution in [2.24, 2.45) is 0 Å². The molecule has 0 saturated carbocycles. The van der Waals surface area contributed by atoms with E-state index in [0.717, 1.165) is 42.4 Å². The van der Waals surface area contributed by atoms with Crippen LogP contribution in [0.15, 0.2) is 18.2 Å². The fourth-order valence-corrected chi connectivity index (χ4v) is 4.03. The Labute approximate surface area is 168 Å². The summed E-state index contributed by atoms with van der Waals surface area (Å²) in [4.78, 5) is 1.52. The molecule has 1 fully saturated rings. The molecular formula is C21H34N5O2+. The summed E-state index contributed by atoms with van der Waals surface area (Å²) in [6, 6.07) is 6.26. The van der Waals surface area contributed by atoms with Crippen molar-refractivity contribution in [3.8, 4) is 11.5 Å². The van der Waals surface area contributed by atoms with Gasteiger partial charge in [-0.1, -0.05) is 6.92 Å². The van der Waals surface area contributed by atoms with E-state index < -0.39 is 0 Å². The Morgan fingerprint density at radius 1 is 1.07 bits per heavy atom. The lowest BCUT2D eigenvalue weighted by Crippen LogP contribution is -3.12. The predicted octanol–water partition coefficient (Wildman–Crippen LogP) is 2.38. The first-order chi connectivity index (χ1) is 13.5. The van der Waals surface area contributed by atoms with Crippen LogP contribution in [0.3, 0.4) is 0 Å². The maximum atomic E-state index is 5.58. The highest BCUT2D eigenvalue weighted by Crippen LogP contribution is 2.32. The van der Waals surface area contributed by atoms with Crippen molar-refractivity contribution in [3.05, 3.63) is 29.6 Å². The summed E-state index contributed by atoms with van der Waals surface area (Å²) in [6.45, 7) is 8.80. The highest BCUT2D eigenvalue weighted by molar-refractivity contribution is 5.44. The highest BCUT2D eigenvalue weighted by Gasteiger charge is 2.36. The SMILES string of the molecule is CCC(C)(C)n1nnnc1[C@H](c1ccc(OC)c(OC)c1)[NH+]1CCCCCC1. The molecule has 3 rings (SSSR count). The van der Waals surface area contributed by atoms with Gasteiger partial charge in [0.15, 0.2) is 17.5 Å². The van der Waals surface area contributed by atoms with Gasteiger partial charge in [-0.15, -0.1) is 5.10 Å². The number of methoxy groups -OCH3 is 2. The zero-order chi connectivity index (χ0) is 20.1. The number of ether oxygens (including phenoxy) is 2. The molecule has 0 radical (unpaired) electrons. The summed E-state index contributed by atoms with van der Waals surface area (Å²) in [6.07, 6.45) is 6.02. The minimum atomic E-state index is -0.140. The number of likely N-dealkylation sites (tertiary alicyclic amines) is 1. The van der Waals surface area contributed by atoms with Crippen LogP contribution in [0.25, 0.3) is 0 Å². The van der Waals surface area contributed by atoms with E-state index in [-0.39, 0.29) is 11.6 Å². The van der Waals surface area contributed by atoms with Gasteiger partial charge >= 0.3 is 0 Å². The number of nitrogens with one attached hydrogen (secondary N) is 1. The van der Waals surface area contributed by atoms with E-state index in [1.165, 1.54) is 30.6 Å². The van der Waals surface area contributed by atoms with Crippen molar-refractivity contribution >= 4 is 0 Å². The number of aromatic nitrogens is 4. The maximum Gasteiger partial charge on any atom is 0.214 e. The first-order valence-electron chi connectivity index (χ1n) is 10.4. The van der Waals surface area contributed by atoms with Gasteiger partial charge in [-0.2, -0.15) is 0 Å². The Hall–Kier alpha value is -2.15. The Bertz CT molecular complexity index is 766. The van der Waals surface area contributed by atoms with Gasteiger partial charge in [-0.05, 0) is 74.6 Å². The molecule has 0 amide bonds. The fourth-order valence-electron chi connectivity index (χ4n) is 4.03. The monoisotopic (exact) mass is 388 g/mol. The molecular weight excluding hydrogens is 354 g/mol. The standard InChI is InChI=1S/C21H33N5O2/c1-6-21(2,3)26-20(22-23-24-26)19(25-13-9-7-8-10-14-25)16-11-12-17(27-4)18(15-16)28-5/h11-12,15,19H,6-10,13-14H2,1-5H3/p+1/t19-/m0/s1. The van der Waals surface area contributed by atoms with E-state index in [1.54, 1.807) is 14.2 Å². The molecule has 1 saturated heterocycles. The van der Waals surface area contributed by atoms with Crippen molar-refractivity contribution in [1.29, 1.82) is 0 Å². The van der Waals surface area contributed by atoms with Gasteiger partial charge in [-0.3, -0.25) is 0 Å². The topological polar surface area (TPSA) is 66.5 Å². The van der Waals surface area contributed by atoms with Crippen LogP contribution in [0.5, 0.6) is 11.5 Å². The predicted molar refractivity (Wildman–Crippen MR) is 108 cm³/mol. The molecule has 28 heavy (non-hydrogen) atoms. The van der Waals surface area contributed by atoms with E-state index in [0.29, 0.717) is 0 Å². The first kappa shape index (κ1) is 20.6. The number of nitrogens with zero attached hydrogens (tertiary/aromatic N) is 4. The normalized spacial score (nSPS) is 17.2. The lowest BCUT2D eigenvalue weighted by atomic mass is 9.99. The van der Waals surface area contributed by atoms with E-state index in [2.05, 4.69) is 48.4 Å². The van der Waals surface area contributed by atoms with Gasteiger partial charge in [-0.25, -0.2) is 4.68 Å². The first-order valence-corrected chi connectivity index (χ1v) is 10.4. The maximum absolute atomic E-state index is 5.58. The van der Waals surface area contributed by atoms with Crippen LogP contribution in [0, 0.1) is 0 Å². The third kappa shape index (κ3) is 4.14. The van der Waals surface area contributed by atoms with Crippen LogP contribution in [0.2, 0.25) is 0 Å². The molecule has 0 unspecified atom stereocenters. The second kappa shape index (κ2) is 8.90. The summed E-state index contributed by atoms with van der Waals surface area (Å²) < 4.78 is 13.0. The lowest BCUT2D eigenvalue weighted by molar-refractivity contribution is -0.925. The summed E-state index contributed by atoms with van der Waals surface area (Å²) in [5.74, 6) is 2.41. The van der Waals surface area contributed by atoms with Crippen LogP contribution >= 0.6 is 0 Å². The number of tetrazole rings is 1. The number of rotatable bonds is 7. The Morgan fingerprint density at radius 3 is 2.36 bits per heavy atom. The molecule has 0 spiro atoms. The largest absolute Gasteiger partial charge is 0.493 e. The Morgan fingerprint density at radius 2 is 1.75 bits per heavy atom. The van der Waals surface area contributed by atoms with Crippen molar-refractivity contribution in [1.82, 2.24) is 20.2 Å². The molecule has 1 aliphatic heterocycles. The molecule has 7 heteroatoms. The van der Waals surface area contributed by atoms with E-state index in [9.17, 15) is 0 Å². The molecule has 0 aliphatic carbocycles. The fraction of sp³-hybridized carbons (Fsp3) is 0.667. The number of hydrogen-bond donors (Lipinski definition) is 1. The quantitative estimate of drug-likeness (QED) is 0.789. The molecule has 1 aromatic heterocycles. The average molecular weight is 389 g/mol. The van der Waals surface area contributed by atoms with Crippen molar-refractivity contribution in [2.75, 3.05) is 27.3 Å². The molecule has 7 nitrogen and oxygen atoms in total. The van der Waals surface area contributed by atoms with Gasteiger partial charge in [0.2, 0.25) is 5.82 Å². The van der Waals surface area contributed by atoms with Gasteiger partial charge in [0, 0.05) is 5.56 Å². The zero-order valence-electron chi connectivity index (χ0n) is 17.9. The minimum Gasteiger partial charge on any atom is -0.493 e. The van der Waals surface area contributed by atoms with E-state index >= 15 is 0 Å². The lowest BCUT2D eigenvalue weighted by Gasteiger charge is -2.31. The molecule has 2 aromatic rings. The van der Waals surface area contributed by atoms with E-state index in [1.807, 2.05) is 10.7 Å². The second-order valence-electron chi connectivity index (χ2n) is 8.23. The molecule has 1 aliphatic rings. The van der Waals surface area contributed by atoms with Gasteiger partial charge in [0.1, 0.15) is 0 Å². The molecule has 2 heterocycles. The summed E-state index contributed by atoms with van der Waals surface area (Å²) in [5.41, 5.74) is 1.02. The number of quaternary nitrogens is 1. The van der Waals surface area contributed by atoms with Gasteiger partial charge in [0.05, 0.1) is 32.8 Å². The van der Waals surface area contributed by atoms with Gasteiger partial charge in [0.25, 0.3) is 0 Å². The van der Waals surface area contributed by atoms with Crippen molar-refractivity contribution in [2.45, 2.75) is 64.5 Å². The Balaban J connectivity index is 2.10. The summed E-state index contributed by atoms with van der Waals surface area (Å²) in [5, 5.41) is 13.0. The molecule has 1 aromatic carbocycles. The smallest absolute Gasteiger partial charge is 0.214 e. The third-order valence-electron chi connectivity index (χ3n) is 6.09. The molecule has 0 bridgehead atoms.